The molecule has 11 aromatic rings. The van der Waals surface area contributed by atoms with Crippen molar-refractivity contribution < 1.29 is 8.78 Å². The van der Waals surface area contributed by atoms with E-state index in [1.165, 1.54) is 12.1 Å². The van der Waals surface area contributed by atoms with Gasteiger partial charge in [-0.3, -0.25) is 0 Å². The second-order valence-corrected chi connectivity index (χ2v) is 17.0. The van der Waals surface area contributed by atoms with Crippen LogP contribution in [0.2, 0.25) is 0 Å². The van der Waals surface area contributed by atoms with E-state index in [9.17, 15) is 5.26 Å². The van der Waals surface area contributed by atoms with Crippen LogP contribution in [0.4, 0.5) is 8.78 Å². The molecule has 0 aliphatic heterocycles. The SMILES string of the molecule is Cc1ccc2c(c1)c1cc(C)ccc1n2-c1cc(-c2ccccc2-c2cccc(F)c2)c(C#N)c(-n2c3ccc(C)cc3c3cc(C)ccc32)c1-c1ccccc1-c1cccc(F)c1. The number of fused-ring (bicyclic) bond motifs is 6. The smallest absolute Gasteiger partial charge is 0.123 e. The van der Waals surface area contributed by atoms with E-state index in [-0.39, 0.29) is 11.6 Å². The molecule has 0 radical (unpaired) electrons. The zero-order chi connectivity index (χ0) is 43.8. The molecule has 306 valence electrons. The fraction of sp³-hybridized carbons (Fsp3) is 0.0678. The van der Waals surface area contributed by atoms with E-state index in [4.69, 9.17) is 0 Å². The Balaban J connectivity index is 1.43. The Labute approximate surface area is 370 Å². The minimum absolute atomic E-state index is 0.337. The van der Waals surface area contributed by atoms with Crippen molar-refractivity contribution in [3.63, 3.8) is 0 Å². The lowest BCUT2D eigenvalue weighted by atomic mass is 9.85. The second-order valence-electron chi connectivity index (χ2n) is 17.0. The second kappa shape index (κ2) is 15.1. The molecule has 0 bridgehead atoms. The molecular formula is C59H41F2N3. The van der Waals surface area contributed by atoms with Crippen molar-refractivity contribution in [2.75, 3.05) is 0 Å². The summed E-state index contributed by atoms with van der Waals surface area (Å²) in [6.45, 7) is 8.44. The van der Waals surface area contributed by atoms with Gasteiger partial charge in [-0.25, -0.2) is 8.78 Å². The molecule has 9 aromatic carbocycles. The standard InChI is InChI=1S/C59H41F2N3/c1-35-19-23-53-48(27-35)49-28-36(2)20-24-54(49)63(53)57-33-47(45-17-7-5-15-43(45)39-11-9-13-41(60)31-39)52(34-62)59(58(57)46-18-8-6-16-44(46)40-12-10-14-42(61)32-40)64-55-25-21-37(3)29-50(55)51-30-38(4)22-26-56(51)64/h5-33H,1-4H3. The number of benzene rings is 9. The molecule has 0 saturated heterocycles. The molecule has 64 heavy (non-hydrogen) atoms. The van der Waals surface area contributed by atoms with Crippen molar-refractivity contribution in [3.8, 4) is 62.0 Å². The average Bonchev–Trinajstić information content (AvgIpc) is 3.78. The van der Waals surface area contributed by atoms with Gasteiger partial charge in [0.1, 0.15) is 17.7 Å². The number of aromatic nitrogens is 2. The van der Waals surface area contributed by atoms with Gasteiger partial charge in [0, 0.05) is 32.7 Å². The first-order valence-corrected chi connectivity index (χ1v) is 21.5. The maximum Gasteiger partial charge on any atom is 0.123 e. The summed E-state index contributed by atoms with van der Waals surface area (Å²) in [6.07, 6.45) is 0. The summed E-state index contributed by atoms with van der Waals surface area (Å²) in [5, 5.41) is 16.3. The predicted octanol–water partition coefficient (Wildman–Crippen LogP) is 15.9. The maximum absolute atomic E-state index is 15.3. The number of hydrogen-bond acceptors (Lipinski definition) is 1. The molecule has 3 nitrogen and oxygen atoms in total. The maximum atomic E-state index is 15.3. The van der Waals surface area contributed by atoms with E-state index in [0.29, 0.717) is 27.9 Å². The van der Waals surface area contributed by atoms with Crippen LogP contribution < -0.4 is 0 Å². The molecule has 0 aliphatic rings. The topological polar surface area (TPSA) is 33.6 Å². The van der Waals surface area contributed by atoms with Crippen molar-refractivity contribution >= 4 is 43.6 Å². The summed E-state index contributed by atoms with van der Waals surface area (Å²) in [5.74, 6) is -0.679. The average molecular weight is 830 g/mol. The van der Waals surface area contributed by atoms with Crippen molar-refractivity contribution in [3.05, 3.63) is 215 Å². The van der Waals surface area contributed by atoms with Gasteiger partial charge in [0.05, 0.1) is 39.0 Å². The Morgan fingerprint density at radius 3 is 1.23 bits per heavy atom. The highest BCUT2D eigenvalue weighted by molar-refractivity contribution is 6.14. The number of hydrogen-bond donors (Lipinski definition) is 0. The summed E-state index contributed by atoms with van der Waals surface area (Å²) < 4.78 is 35.0. The lowest BCUT2D eigenvalue weighted by Gasteiger charge is -2.26. The highest BCUT2D eigenvalue weighted by Crippen LogP contribution is 2.50. The molecule has 0 aliphatic carbocycles. The molecular weight excluding hydrogens is 789 g/mol. The van der Waals surface area contributed by atoms with E-state index in [0.717, 1.165) is 99.4 Å². The molecule has 5 heteroatoms. The number of rotatable bonds is 6. The van der Waals surface area contributed by atoms with Crippen LogP contribution in [0.5, 0.6) is 0 Å². The summed E-state index contributed by atoms with van der Waals surface area (Å²) in [7, 11) is 0. The molecule has 2 aromatic heterocycles. The Bertz CT molecular complexity index is 3650. The third-order valence-electron chi connectivity index (χ3n) is 12.7. The first-order valence-electron chi connectivity index (χ1n) is 21.5. The van der Waals surface area contributed by atoms with Crippen molar-refractivity contribution in [2.24, 2.45) is 0 Å². The van der Waals surface area contributed by atoms with Crippen LogP contribution in [0, 0.1) is 50.7 Å². The van der Waals surface area contributed by atoms with Gasteiger partial charge in [-0.2, -0.15) is 5.26 Å². The van der Waals surface area contributed by atoms with E-state index >= 15 is 8.78 Å². The van der Waals surface area contributed by atoms with Crippen LogP contribution in [-0.2, 0) is 0 Å². The first-order chi connectivity index (χ1) is 31.2. The van der Waals surface area contributed by atoms with Crippen LogP contribution in [0.3, 0.4) is 0 Å². The number of nitrogens with zero attached hydrogens (tertiary/aromatic N) is 3. The Morgan fingerprint density at radius 2 is 0.797 bits per heavy atom. The fourth-order valence-corrected chi connectivity index (χ4v) is 9.88. The molecule has 0 fully saturated rings. The minimum Gasteiger partial charge on any atom is -0.309 e. The zero-order valence-corrected chi connectivity index (χ0v) is 35.8. The summed E-state index contributed by atoms with van der Waals surface area (Å²) in [6, 6.07) is 60.5. The van der Waals surface area contributed by atoms with Crippen LogP contribution in [0.25, 0.3) is 99.5 Å². The number of aryl methyl sites for hydroxylation is 4. The summed E-state index contributed by atoms with van der Waals surface area (Å²) >= 11 is 0. The number of nitriles is 1. The summed E-state index contributed by atoms with van der Waals surface area (Å²) in [5.41, 5.74) is 16.6. The quantitative estimate of drug-likeness (QED) is 0.164. The Kier molecular flexibility index (Phi) is 9.15. The highest BCUT2D eigenvalue weighted by atomic mass is 19.1. The summed E-state index contributed by atoms with van der Waals surface area (Å²) in [4.78, 5) is 0. The van der Waals surface area contributed by atoms with E-state index in [1.807, 2.05) is 54.6 Å². The third-order valence-corrected chi connectivity index (χ3v) is 12.7. The van der Waals surface area contributed by atoms with E-state index in [1.54, 1.807) is 24.3 Å². The molecule has 0 atom stereocenters. The predicted molar refractivity (Wildman–Crippen MR) is 260 cm³/mol. The molecule has 0 amide bonds. The van der Waals surface area contributed by atoms with Crippen LogP contribution in [0.15, 0.2) is 176 Å². The van der Waals surface area contributed by atoms with Crippen molar-refractivity contribution in [1.82, 2.24) is 9.13 Å². The van der Waals surface area contributed by atoms with Gasteiger partial charge >= 0.3 is 0 Å². The molecule has 0 unspecified atom stereocenters. The lowest BCUT2D eigenvalue weighted by Crippen LogP contribution is -2.09. The Morgan fingerprint density at radius 1 is 0.391 bits per heavy atom. The van der Waals surface area contributed by atoms with Gasteiger partial charge in [0.15, 0.2) is 0 Å². The minimum atomic E-state index is -0.342. The Hall–Kier alpha value is -8.07. The lowest BCUT2D eigenvalue weighted by molar-refractivity contribution is 0.628. The zero-order valence-electron chi connectivity index (χ0n) is 35.8. The van der Waals surface area contributed by atoms with Gasteiger partial charge in [-0.15, -0.1) is 0 Å². The molecule has 0 spiro atoms. The fourth-order valence-electron chi connectivity index (χ4n) is 9.88. The van der Waals surface area contributed by atoms with Gasteiger partial charge in [0.25, 0.3) is 0 Å². The number of halogens is 2. The van der Waals surface area contributed by atoms with Gasteiger partial charge < -0.3 is 9.13 Å². The van der Waals surface area contributed by atoms with Crippen LogP contribution >= 0.6 is 0 Å². The first kappa shape index (κ1) is 38.8. The monoisotopic (exact) mass is 829 g/mol. The van der Waals surface area contributed by atoms with E-state index in [2.05, 4.69) is 128 Å². The molecule has 0 N–H and O–H groups in total. The largest absolute Gasteiger partial charge is 0.309 e. The van der Waals surface area contributed by atoms with Crippen molar-refractivity contribution in [2.45, 2.75) is 27.7 Å². The van der Waals surface area contributed by atoms with Gasteiger partial charge in [-0.1, -0.05) is 119 Å². The van der Waals surface area contributed by atoms with Crippen LogP contribution in [-0.4, -0.2) is 9.13 Å². The van der Waals surface area contributed by atoms with E-state index < -0.39 is 0 Å². The molecule has 0 saturated carbocycles. The highest BCUT2D eigenvalue weighted by Gasteiger charge is 2.29. The van der Waals surface area contributed by atoms with Crippen LogP contribution in [0.1, 0.15) is 27.8 Å². The van der Waals surface area contributed by atoms with Crippen molar-refractivity contribution in [1.29, 1.82) is 5.26 Å². The molecule has 2 heterocycles. The van der Waals surface area contributed by atoms with Gasteiger partial charge in [0.2, 0.25) is 0 Å². The normalized spacial score (nSPS) is 11.6. The molecule has 11 rings (SSSR count). The third kappa shape index (κ3) is 6.21. The van der Waals surface area contributed by atoms with Gasteiger partial charge in [-0.05, 0) is 140 Å².